The van der Waals surface area contributed by atoms with Crippen LogP contribution in [-0.4, -0.2) is 4.98 Å². The summed E-state index contributed by atoms with van der Waals surface area (Å²) >= 11 is 0. The predicted molar refractivity (Wildman–Crippen MR) is 51.0 cm³/mol. The number of nitrogen functional groups attached to an aromatic ring is 1. The average molecular weight is 192 g/mol. The van der Waals surface area contributed by atoms with Crippen molar-refractivity contribution in [2.45, 2.75) is 6.92 Å². The summed E-state index contributed by atoms with van der Waals surface area (Å²) in [6.45, 7) is 1.73. The fourth-order valence-electron chi connectivity index (χ4n) is 1.18. The molecule has 0 radical (unpaired) electrons. The summed E-state index contributed by atoms with van der Waals surface area (Å²) in [6, 6.07) is 4.55. The van der Waals surface area contributed by atoms with Gasteiger partial charge in [0, 0.05) is 12.5 Å². The SMILES string of the molecule is Cc1nc(-c2ccc(N)c(F)c2)co1. The van der Waals surface area contributed by atoms with Crippen molar-refractivity contribution in [2.24, 2.45) is 0 Å². The molecule has 0 spiro atoms. The molecular weight excluding hydrogens is 183 g/mol. The molecule has 3 nitrogen and oxygen atoms in total. The Labute approximate surface area is 80.4 Å². The van der Waals surface area contributed by atoms with Gasteiger partial charge in [-0.3, -0.25) is 0 Å². The molecule has 0 saturated heterocycles. The lowest BCUT2D eigenvalue weighted by molar-refractivity contribution is 0.521. The maximum Gasteiger partial charge on any atom is 0.191 e. The number of halogens is 1. The van der Waals surface area contributed by atoms with Gasteiger partial charge in [0.1, 0.15) is 17.8 Å². The first kappa shape index (κ1) is 8.74. The summed E-state index contributed by atoms with van der Waals surface area (Å²) in [5, 5.41) is 0. The topological polar surface area (TPSA) is 52.0 Å². The fraction of sp³-hybridized carbons (Fsp3) is 0.100. The minimum Gasteiger partial charge on any atom is -0.449 e. The van der Waals surface area contributed by atoms with Crippen molar-refractivity contribution in [1.29, 1.82) is 0 Å². The number of anilines is 1. The third-order valence-corrected chi connectivity index (χ3v) is 1.92. The summed E-state index contributed by atoms with van der Waals surface area (Å²) in [4.78, 5) is 4.08. The lowest BCUT2D eigenvalue weighted by Crippen LogP contribution is -1.90. The van der Waals surface area contributed by atoms with Crippen molar-refractivity contribution >= 4 is 5.69 Å². The van der Waals surface area contributed by atoms with E-state index in [1.165, 1.54) is 18.4 Å². The van der Waals surface area contributed by atoms with E-state index in [4.69, 9.17) is 10.2 Å². The Morgan fingerprint density at radius 1 is 1.43 bits per heavy atom. The second kappa shape index (κ2) is 3.14. The molecular formula is C10H9FN2O. The number of aryl methyl sites for hydroxylation is 1. The van der Waals surface area contributed by atoms with Crippen LogP contribution in [-0.2, 0) is 0 Å². The predicted octanol–water partition coefficient (Wildman–Crippen LogP) is 2.37. The van der Waals surface area contributed by atoms with Crippen LogP contribution in [0.3, 0.4) is 0 Å². The maximum absolute atomic E-state index is 13.1. The van der Waals surface area contributed by atoms with Crippen LogP contribution < -0.4 is 5.73 Å². The van der Waals surface area contributed by atoms with Crippen LogP contribution in [0.15, 0.2) is 28.9 Å². The van der Waals surface area contributed by atoms with E-state index in [0.717, 1.165) is 0 Å². The monoisotopic (exact) mass is 192 g/mol. The Bertz CT molecular complexity index is 465. The Balaban J connectivity index is 2.47. The molecule has 0 aliphatic heterocycles. The van der Waals surface area contributed by atoms with E-state index in [-0.39, 0.29) is 5.69 Å². The number of hydrogen-bond donors (Lipinski definition) is 1. The Morgan fingerprint density at radius 3 is 2.79 bits per heavy atom. The minimum atomic E-state index is -0.442. The van der Waals surface area contributed by atoms with Crippen molar-refractivity contribution in [1.82, 2.24) is 4.98 Å². The van der Waals surface area contributed by atoms with E-state index in [9.17, 15) is 4.39 Å². The van der Waals surface area contributed by atoms with Gasteiger partial charge >= 0.3 is 0 Å². The van der Waals surface area contributed by atoms with Gasteiger partial charge in [-0.25, -0.2) is 9.37 Å². The molecule has 2 rings (SSSR count). The zero-order valence-corrected chi connectivity index (χ0v) is 7.62. The largest absolute Gasteiger partial charge is 0.449 e. The molecule has 4 heteroatoms. The molecule has 1 heterocycles. The molecule has 0 aliphatic carbocycles. The summed E-state index contributed by atoms with van der Waals surface area (Å²) in [5.41, 5.74) is 6.76. The van der Waals surface area contributed by atoms with Crippen molar-refractivity contribution in [3.8, 4) is 11.3 Å². The highest BCUT2D eigenvalue weighted by molar-refractivity contribution is 5.61. The Hall–Kier alpha value is -1.84. The lowest BCUT2D eigenvalue weighted by atomic mass is 10.1. The molecule has 0 bridgehead atoms. The molecule has 1 aromatic carbocycles. The molecule has 72 valence electrons. The van der Waals surface area contributed by atoms with Crippen molar-refractivity contribution in [3.63, 3.8) is 0 Å². The number of aromatic nitrogens is 1. The number of benzene rings is 1. The van der Waals surface area contributed by atoms with E-state index in [0.29, 0.717) is 17.1 Å². The zero-order valence-electron chi connectivity index (χ0n) is 7.62. The van der Waals surface area contributed by atoms with Crippen LogP contribution in [0, 0.1) is 12.7 Å². The third kappa shape index (κ3) is 1.46. The van der Waals surface area contributed by atoms with Crippen molar-refractivity contribution < 1.29 is 8.81 Å². The van der Waals surface area contributed by atoms with E-state index < -0.39 is 5.82 Å². The summed E-state index contributed by atoms with van der Waals surface area (Å²) < 4.78 is 18.1. The molecule has 0 atom stereocenters. The number of nitrogens with zero attached hydrogens (tertiary/aromatic N) is 1. The van der Waals surface area contributed by atoms with Crippen LogP contribution in [0.25, 0.3) is 11.3 Å². The average Bonchev–Trinajstić information content (AvgIpc) is 2.57. The minimum absolute atomic E-state index is 0.133. The lowest BCUT2D eigenvalue weighted by Gasteiger charge is -1.98. The van der Waals surface area contributed by atoms with Gasteiger partial charge in [-0.2, -0.15) is 0 Å². The molecule has 2 aromatic rings. The molecule has 0 saturated carbocycles. The van der Waals surface area contributed by atoms with Crippen molar-refractivity contribution in [2.75, 3.05) is 5.73 Å². The Kier molecular flexibility index (Phi) is 1.96. The van der Waals surface area contributed by atoms with Crippen LogP contribution in [0.4, 0.5) is 10.1 Å². The van der Waals surface area contributed by atoms with Gasteiger partial charge in [-0.05, 0) is 12.1 Å². The summed E-state index contributed by atoms with van der Waals surface area (Å²) in [7, 11) is 0. The highest BCUT2D eigenvalue weighted by Crippen LogP contribution is 2.21. The number of rotatable bonds is 1. The van der Waals surface area contributed by atoms with Gasteiger partial charge in [-0.1, -0.05) is 6.07 Å². The first-order chi connectivity index (χ1) is 6.66. The van der Waals surface area contributed by atoms with E-state index >= 15 is 0 Å². The van der Waals surface area contributed by atoms with Gasteiger partial charge in [0.2, 0.25) is 0 Å². The van der Waals surface area contributed by atoms with Gasteiger partial charge in [-0.15, -0.1) is 0 Å². The van der Waals surface area contributed by atoms with Crippen molar-refractivity contribution in [3.05, 3.63) is 36.2 Å². The van der Waals surface area contributed by atoms with Gasteiger partial charge in [0.25, 0.3) is 0 Å². The number of nitrogens with two attached hydrogens (primary N) is 1. The highest BCUT2D eigenvalue weighted by Gasteiger charge is 2.05. The molecule has 0 aliphatic rings. The smallest absolute Gasteiger partial charge is 0.191 e. The quantitative estimate of drug-likeness (QED) is 0.705. The molecule has 0 unspecified atom stereocenters. The first-order valence-corrected chi connectivity index (χ1v) is 4.14. The standard InChI is InChI=1S/C10H9FN2O/c1-6-13-10(5-14-6)7-2-3-9(12)8(11)4-7/h2-5H,12H2,1H3. The van der Waals surface area contributed by atoms with Crippen LogP contribution in [0.2, 0.25) is 0 Å². The van der Waals surface area contributed by atoms with Gasteiger partial charge < -0.3 is 10.2 Å². The number of hydrogen-bond acceptors (Lipinski definition) is 3. The highest BCUT2D eigenvalue weighted by atomic mass is 19.1. The molecule has 14 heavy (non-hydrogen) atoms. The second-order valence-corrected chi connectivity index (χ2v) is 2.99. The van der Waals surface area contributed by atoms with E-state index in [2.05, 4.69) is 4.98 Å². The molecule has 1 aromatic heterocycles. The van der Waals surface area contributed by atoms with Gasteiger partial charge in [0.15, 0.2) is 5.89 Å². The Morgan fingerprint density at radius 2 is 2.21 bits per heavy atom. The normalized spacial score (nSPS) is 10.4. The maximum atomic E-state index is 13.1. The summed E-state index contributed by atoms with van der Waals surface area (Å²) in [6.07, 6.45) is 1.49. The summed E-state index contributed by atoms with van der Waals surface area (Å²) in [5.74, 6) is 0.111. The van der Waals surface area contributed by atoms with Gasteiger partial charge in [0.05, 0.1) is 5.69 Å². The fourth-order valence-corrected chi connectivity index (χ4v) is 1.18. The molecule has 2 N–H and O–H groups in total. The van der Waals surface area contributed by atoms with Crippen LogP contribution in [0.5, 0.6) is 0 Å². The number of oxazole rings is 1. The van der Waals surface area contributed by atoms with Crippen LogP contribution in [0.1, 0.15) is 5.89 Å². The molecule has 0 amide bonds. The third-order valence-electron chi connectivity index (χ3n) is 1.92. The second-order valence-electron chi connectivity index (χ2n) is 2.99. The molecule has 0 fully saturated rings. The van der Waals surface area contributed by atoms with E-state index in [1.807, 2.05) is 0 Å². The van der Waals surface area contributed by atoms with Crippen LogP contribution >= 0.6 is 0 Å². The zero-order chi connectivity index (χ0) is 10.1. The first-order valence-electron chi connectivity index (χ1n) is 4.14. The van der Waals surface area contributed by atoms with E-state index in [1.54, 1.807) is 13.0 Å².